The molecule has 1 aliphatic rings. The highest BCUT2D eigenvalue weighted by molar-refractivity contribution is 7.92. The van der Waals surface area contributed by atoms with Crippen molar-refractivity contribution in [3.05, 3.63) is 65.2 Å². The van der Waals surface area contributed by atoms with E-state index in [4.69, 9.17) is 5.73 Å². The van der Waals surface area contributed by atoms with Crippen molar-refractivity contribution in [2.24, 2.45) is 16.6 Å². The molecule has 3 rings (SSSR count). The maximum absolute atomic E-state index is 13.2. The van der Waals surface area contributed by atoms with Crippen LogP contribution in [0.1, 0.15) is 61.6 Å². The topological polar surface area (TPSA) is 125 Å². The van der Waals surface area contributed by atoms with Crippen LogP contribution in [0.2, 0.25) is 0 Å². The van der Waals surface area contributed by atoms with E-state index in [0.717, 1.165) is 16.1 Å². The Morgan fingerprint density at radius 1 is 1.19 bits per heavy atom. The summed E-state index contributed by atoms with van der Waals surface area (Å²) in [6, 6.07) is 14.0. The van der Waals surface area contributed by atoms with Gasteiger partial charge in [0.2, 0.25) is 15.9 Å². The summed E-state index contributed by atoms with van der Waals surface area (Å²) in [7, 11) is -2.17. The highest BCUT2D eigenvalue weighted by Gasteiger charge is 2.38. The average Bonchev–Trinajstić information content (AvgIpc) is 2.80. The first-order chi connectivity index (χ1) is 16.7. The zero-order chi connectivity index (χ0) is 26.8. The van der Waals surface area contributed by atoms with Crippen molar-refractivity contribution in [3.63, 3.8) is 0 Å². The zero-order valence-corrected chi connectivity index (χ0v) is 22.5. The van der Waals surface area contributed by atoms with Crippen LogP contribution in [0.15, 0.2) is 53.5 Å². The molecule has 1 aliphatic heterocycles. The number of nitrogens with two attached hydrogens (primary N) is 1. The predicted octanol–water partition coefficient (Wildman–Crippen LogP) is 3.04. The zero-order valence-electron chi connectivity index (χ0n) is 21.6. The summed E-state index contributed by atoms with van der Waals surface area (Å²) in [5, 5.41) is 2.95. The quantitative estimate of drug-likeness (QED) is 0.561. The minimum atomic E-state index is -3.59. The highest BCUT2D eigenvalue weighted by atomic mass is 32.2. The van der Waals surface area contributed by atoms with E-state index in [0.29, 0.717) is 11.3 Å². The summed E-state index contributed by atoms with van der Waals surface area (Å²) in [6.45, 7) is 7.81. The van der Waals surface area contributed by atoms with Gasteiger partial charge in [0, 0.05) is 12.6 Å². The second-order valence-electron chi connectivity index (χ2n) is 9.86. The van der Waals surface area contributed by atoms with Crippen LogP contribution in [0, 0.1) is 5.92 Å². The fourth-order valence-corrected chi connectivity index (χ4v) is 4.44. The third-order valence-electron chi connectivity index (χ3n) is 6.79. The van der Waals surface area contributed by atoms with Crippen LogP contribution in [-0.2, 0) is 21.4 Å². The Morgan fingerprint density at radius 3 is 2.39 bits per heavy atom. The molecule has 0 fully saturated rings. The first kappa shape index (κ1) is 27.2. The lowest BCUT2D eigenvalue weighted by atomic mass is 9.84. The number of guanidine groups is 1. The van der Waals surface area contributed by atoms with Crippen LogP contribution in [0.3, 0.4) is 0 Å². The molecule has 9 nitrogen and oxygen atoms in total. The number of carbonyl (C=O) groups is 2. The Labute approximate surface area is 213 Å². The number of rotatable bonds is 8. The van der Waals surface area contributed by atoms with Gasteiger partial charge in [0.25, 0.3) is 5.91 Å². The van der Waals surface area contributed by atoms with Crippen LogP contribution < -0.4 is 15.4 Å². The van der Waals surface area contributed by atoms with Crippen LogP contribution in [-0.4, -0.2) is 49.9 Å². The molecular weight excluding hydrogens is 478 g/mol. The maximum atomic E-state index is 13.2. The van der Waals surface area contributed by atoms with E-state index in [1.165, 1.54) is 18.0 Å². The first-order valence-electron chi connectivity index (χ1n) is 11.8. The minimum Gasteiger partial charge on any atom is -0.369 e. The van der Waals surface area contributed by atoms with Gasteiger partial charge in [-0.3, -0.25) is 18.8 Å². The molecule has 194 valence electrons. The summed E-state index contributed by atoms with van der Waals surface area (Å²) in [5.41, 5.74) is 7.68. The molecule has 2 aromatic carbocycles. The number of hydrogen-bond donors (Lipinski definition) is 2. The predicted molar refractivity (Wildman–Crippen MR) is 142 cm³/mol. The largest absolute Gasteiger partial charge is 0.369 e. The summed E-state index contributed by atoms with van der Waals surface area (Å²) in [5.74, 6) is -0.316. The van der Waals surface area contributed by atoms with Crippen molar-refractivity contribution in [1.82, 2.24) is 10.2 Å². The number of nitrogens with one attached hydrogen (secondary N) is 1. The smallest absolute Gasteiger partial charge is 0.251 e. The van der Waals surface area contributed by atoms with Gasteiger partial charge in [-0.05, 0) is 49.1 Å². The summed E-state index contributed by atoms with van der Waals surface area (Å²) in [4.78, 5) is 32.1. The summed E-state index contributed by atoms with van der Waals surface area (Å²) >= 11 is 0. The average molecular weight is 514 g/mol. The highest BCUT2D eigenvalue weighted by Crippen LogP contribution is 2.31. The molecule has 0 aromatic heterocycles. The number of benzene rings is 2. The van der Waals surface area contributed by atoms with E-state index in [2.05, 4.69) is 10.3 Å². The molecule has 2 unspecified atom stereocenters. The van der Waals surface area contributed by atoms with Gasteiger partial charge in [0.15, 0.2) is 5.96 Å². The van der Waals surface area contributed by atoms with E-state index in [1.807, 2.05) is 58.0 Å². The Kier molecular flexibility index (Phi) is 7.78. The lowest BCUT2D eigenvalue weighted by Gasteiger charge is -2.37. The van der Waals surface area contributed by atoms with E-state index < -0.39 is 15.6 Å². The van der Waals surface area contributed by atoms with Crippen molar-refractivity contribution in [3.8, 4) is 0 Å². The maximum Gasteiger partial charge on any atom is 0.251 e. The first-order valence-corrected chi connectivity index (χ1v) is 13.7. The SMILES string of the molecule is CC(NC(=O)c1cc(CN2C(=O)CC(C)(C(C)C)N=C2N)cc(N(C)S(C)(=O)=O)c1)c1ccccc1. The Morgan fingerprint density at radius 2 is 1.83 bits per heavy atom. The molecular formula is C26H35N5O4S. The Hall–Kier alpha value is -3.40. The molecule has 0 bridgehead atoms. The van der Waals surface area contributed by atoms with Gasteiger partial charge >= 0.3 is 0 Å². The molecule has 36 heavy (non-hydrogen) atoms. The van der Waals surface area contributed by atoms with Gasteiger partial charge in [0.1, 0.15) is 0 Å². The third-order valence-corrected chi connectivity index (χ3v) is 7.99. The van der Waals surface area contributed by atoms with E-state index >= 15 is 0 Å². The monoisotopic (exact) mass is 513 g/mol. The lowest BCUT2D eigenvalue weighted by Crippen LogP contribution is -2.51. The number of amides is 2. The number of aliphatic imine (C=N–C) groups is 1. The van der Waals surface area contributed by atoms with Crippen molar-refractivity contribution < 1.29 is 18.0 Å². The van der Waals surface area contributed by atoms with Crippen molar-refractivity contribution >= 4 is 33.5 Å². The van der Waals surface area contributed by atoms with E-state index in [1.54, 1.807) is 12.1 Å². The van der Waals surface area contributed by atoms with Gasteiger partial charge in [-0.15, -0.1) is 0 Å². The van der Waals surface area contributed by atoms with E-state index in [-0.39, 0.29) is 48.3 Å². The fraction of sp³-hybridized carbons (Fsp3) is 0.423. The van der Waals surface area contributed by atoms with Crippen LogP contribution in [0.25, 0.3) is 0 Å². The van der Waals surface area contributed by atoms with Crippen LogP contribution in [0.5, 0.6) is 0 Å². The summed E-state index contributed by atoms with van der Waals surface area (Å²) in [6.07, 6.45) is 1.29. The molecule has 3 N–H and O–H groups in total. The molecule has 2 amide bonds. The Balaban J connectivity index is 1.96. The molecule has 0 spiro atoms. The van der Waals surface area contributed by atoms with Crippen molar-refractivity contribution in [2.75, 3.05) is 17.6 Å². The number of carbonyl (C=O) groups excluding carboxylic acids is 2. The third kappa shape index (κ3) is 6.04. The normalized spacial score (nSPS) is 19.1. The van der Waals surface area contributed by atoms with Crippen LogP contribution in [0.4, 0.5) is 5.69 Å². The van der Waals surface area contributed by atoms with Gasteiger partial charge < -0.3 is 11.1 Å². The number of sulfonamides is 1. The van der Waals surface area contributed by atoms with Gasteiger partial charge in [0.05, 0.1) is 36.5 Å². The second kappa shape index (κ2) is 10.3. The molecule has 2 aromatic rings. The van der Waals surface area contributed by atoms with Gasteiger partial charge in [-0.25, -0.2) is 13.4 Å². The Bertz CT molecular complexity index is 1280. The summed E-state index contributed by atoms with van der Waals surface area (Å²) < 4.78 is 25.6. The van der Waals surface area contributed by atoms with Crippen molar-refractivity contribution in [1.29, 1.82) is 0 Å². The van der Waals surface area contributed by atoms with Gasteiger partial charge in [-0.2, -0.15) is 0 Å². The molecule has 1 heterocycles. The fourth-order valence-electron chi connectivity index (χ4n) is 3.95. The number of hydrogen-bond acceptors (Lipinski definition) is 6. The van der Waals surface area contributed by atoms with Crippen molar-refractivity contribution in [2.45, 2.75) is 52.2 Å². The van der Waals surface area contributed by atoms with Crippen LogP contribution >= 0.6 is 0 Å². The lowest BCUT2D eigenvalue weighted by molar-refractivity contribution is -0.130. The molecule has 10 heteroatoms. The molecule has 0 saturated carbocycles. The number of nitrogens with zero attached hydrogens (tertiary/aromatic N) is 3. The van der Waals surface area contributed by atoms with E-state index in [9.17, 15) is 18.0 Å². The number of anilines is 1. The molecule has 0 radical (unpaired) electrons. The molecule has 0 saturated heterocycles. The minimum absolute atomic E-state index is 0.0578. The van der Waals surface area contributed by atoms with Gasteiger partial charge in [-0.1, -0.05) is 44.2 Å². The molecule has 0 aliphatic carbocycles. The molecule has 2 atom stereocenters. The standard InChI is InChI=1S/C26H35N5O4S/c1-17(2)26(4)15-23(32)31(25(27)29-26)16-19-12-21(14-22(13-19)30(5)36(6,34)35)24(33)28-18(3)20-10-8-7-9-11-20/h7-14,17-18H,15-16H2,1-6H3,(H2,27,29)(H,28,33). The second-order valence-corrected chi connectivity index (χ2v) is 11.9.